The van der Waals surface area contributed by atoms with Crippen molar-refractivity contribution in [3.63, 3.8) is 0 Å². The van der Waals surface area contributed by atoms with E-state index in [9.17, 15) is 0 Å². The number of morpholine rings is 1. The number of hydrogen-bond acceptors (Lipinski definition) is 2. The first kappa shape index (κ1) is 10.0. The number of hydrogen-bond donors (Lipinski definition) is 0. The van der Waals surface area contributed by atoms with E-state index in [4.69, 9.17) is 4.74 Å². The molecule has 1 heterocycles. The Morgan fingerprint density at radius 2 is 2.25 bits per heavy atom. The Labute approximate surface area is 75.9 Å². The highest BCUT2D eigenvalue weighted by Gasteiger charge is 2.18. The normalized spacial score (nSPS) is 26.5. The minimum Gasteiger partial charge on any atom is -0.378 e. The van der Waals surface area contributed by atoms with Gasteiger partial charge < -0.3 is 4.74 Å². The first-order valence-corrected chi connectivity index (χ1v) is 4.98. The summed E-state index contributed by atoms with van der Waals surface area (Å²) >= 11 is 0. The molecule has 0 aliphatic carbocycles. The molecule has 0 aromatic rings. The van der Waals surface area contributed by atoms with Crippen LogP contribution in [0.25, 0.3) is 0 Å². The molecule has 72 valence electrons. The maximum absolute atomic E-state index is 5.44. The summed E-state index contributed by atoms with van der Waals surface area (Å²) in [6.07, 6.45) is 2.60. The summed E-state index contributed by atoms with van der Waals surface area (Å²) in [6.45, 7) is 7.51. The monoisotopic (exact) mass is 171 g/mol. The van der Waals surface area contributed by atoms with Crippen LogP contribution in [0.15, 0.2) is 0 Å². The van der Waals surface area contributed by atoms with Crippen LogP contribution in [0.3, 0.4) is 0 Å². The van der Waals surface area contributed by atoms with Gasteiger partial charge in [0.1, 0.15) is 0 Å². The molecule has 1 atom stereocenters. The van der Waals surface area contributed by atoms with E-state index in [0.29, 0.717) is 6.04 Å². The van der Waals surface area contributed by atoms with Crippen LogP contribution in [0.5, 0.6) is 0 Å². The van der Waals surface area contributed by atoms with E-state index in [0.717, 1.165) is 25.7 Å². The summed E-state index contributed by atoms with van der Waals surface area (Å²) in [5, 5.41) is 0. The lowest BCUT2D eigenvalue weighted by molar-refractivity contribution is 0.00125. The highest BCUT2D eigenvalue weighted by molar-refractivity contribution is 4.72. The van der Waals surface area contributed by atoms with Gasteiger partial charge in [-0.1, -0.05) is 13.8 Å². The van der Waals surface area contributed by atoms with E-state index < -0.39 is 0 Å². The molecule has 0 aromatic heterocycles. The first-order chi connectivity index (χ1) is 5.70. The van der Waals surface area contributed by atoms with E-state index in [1.165, 1.54) is 12.8 Å². The maximum atomic E-state index is 5.44. The van der Waals surface area contributed by atoms with Gasteiger partial charge in [0.05, 0.1) is 13.2 Å². The van der Waals surface area contributed by atoms with E-state index in [-0.39, 0.29) is 0 Å². The van der Waals surface area contributed by atoms with Crippen molar-refractivity contribution >= 4 is 0 Å². The quantitative estimate of drug-likeness (QED) is 0.641. The van der Waals surface area contributed by atoms with Crippen LogP contribution in [0, 0.1) is 5.92 Å². The summed E-state index contributed by atoms with van der Waals surface area (Å²) in [7, 11) is 2.20. The summed E-state index contributed by atoms with van der Waals surface area (Å²) in [4.78, 5) is 2.42. The van der Waals surface area contributed by atoms with Gasteiger partial charge in [0.2, 0.25) is 0 Å². The average molecular weight is 171 g/mol. The van der Waals surface area contributed by atoms with Crippen LogP contribution in [-0.4, -0.2) is 37.7 Å². The van der Waals surface area contributed by atoms with E-state index in [1.54, 1.807) is 0 Å². The predicted octanol–water partition coefficient (Wildman–Crippen LogP) is 1.75. The van der Waals surface area contributed by atoms with Crippen molar-refractivity contribution in [2.75, 3.05) is 26.8 Å². The lowest BCUT2D eigenvalue weighted by atomic mass is 10.0. The largest absolute Gasteiger partial charge is 0.378 e. The van der Waals surface area contributed by atoms with Gasteiger partial charge >= 0.3 is 0 Å². The molecule has 1 aliphatic rings. The molecule has 0 amide bonds. The maximum Gasteiger partial charge on any atom is 0.0622 e. The highest BCUT2D eigenvalue weighted by atomic mass is 16.5. The average Bonchev–Trinajstić information content (AvgIpc) is 2.03. The number of nitrogens with zero attached hydrogens (tertiary/aromatic N) is 1. The van der Waals surface area contributed by atoms with Gasteiger partial charge in [-0.05, 0) is 25.8 Å². The van der Waals surface area contributed by atoms with Crippen molar-refractivity contribution in [1.82, 2.24) is 4.90 Å². The topological polar surface area (TPSA) is 12.5 Å². The van der Waals surface area contributed by atoms with Crippen LogP contribution >= 0.6 is 0 Å². The van der Waals surface area contributed by atoms with Crippen molar-refractivity contribution in [2.24, 2.45) is 5.92 Å². The van der Waals surface area contributed by atoms with Crippen LogP contribution in [0.4, 0.5) is 0 Å². The third-order valence-corrected chi connectivity index (χ3v) is 2.60. The minimum absolute atomic E-state index is 0.668. The van der Waals surface area contributed by atoms with Crippen molar-refractivity contribution in [3.05, 3.63) is 0 Å². The zero-order chi connectivity index (χ0) is 8.97. The number of likely N-dealkylation sites (N-methyl/N-ethyl adjacent to an activating group) is 1. The van der Waals surface area contributed by atoms with Gasteiger partial charge in [-0.2, -0.15) is 0 Å². The highest BCUT2D eigenvalue weighted by Crippen LogP contribution is 2.13. The van der Waals surface area contributed by atoms with Gasteiger partial charge in [-0.25, -0.2) is 0 Å². The second kappa shape index (κ2) is 4.83. The Balaban J connectivity index is 2.20. The Bertz CT molecular complexity index is 125. The molecular formula is C10H21NO. The number of rotatable bonds is 3. The molecule has 1 unspecified atom stereocenters. The molecule has 2 nitrogen and oxygen atoms in total. The third-order valence-electron chi connectivity index (χ3n) is 2.60. The second-order valence-electron chi connectivity index (χ2n) is 4.18. The van der Waals surface area contributed by atoms with Crippen LogP contribution < -0.4 is 0 Å². The molecule has 0 N–H and O–H groups in total. The molecular weight excluding hydrogens is 150 g/mol. The molecule has 0 saturated carbocycles. The fourth-order valence-corrected chi connectivity index (χ4v) is 1.57. The van der Waals surface area contributed by atoms with Gasteiger partial charge in [0, 0.05) is 12.6 Å². The van der Waals surface area contributed by atoms with Gasteiger partial charge in [-0.3, -0.25) is 4.90 Å². The summed E-state index contributed by atoms with van der Waals surface area (Å²) in [6, 6.07) is 0.668. The third kappa shape index (κ3) is 3.11. The zero-order valence-corrected chi connectivity index (χ0v) is 8.55. The fraction of sp³-hybridized carbons (Fsp3) is 1.00. The van der Waals surface area contributed by atoms with E-state index >= 15 is 0 Å². The van der Waals surface area contributed by atoms with Crippen LogP contribution in [0.2, 0.25) is 0 Å². The van der Waals surface area contributed by atoms with Crippen molar-refractivity contribution in [2.45, 2.75) is 32.7 Å². The molecule has 1 saturated heterocycles. The molecule has 0 spiro atoms. The first-order valence-electron chi connectivity index (χ1n) is 4.98. The van der Waals surface area contributed by atoms with Gasteiger partial charge in [0.25, 0.3) is 0 Å². The standard InChI is InChI=1S/C10H21NO/c1-9(2)4-5-10-8-12-7-6-11(10)3/h9-10H,4-8H2,1-3H3. The summed E-state index contributed by atoms with van der Waals surface area (Å²) < 4.78 is 5.44. The Morgan fingerprint density at radius 3 is 2.83 bits per heavy atom. The van der Waals surface area contributed by atoms with E-state index in [2.05, 4.69) is 25.8 Å². The van der Waals surface area contributed by atoms with E-state index in [1.807, 2.05) is 0 Å². The zero-order valence-electron chi connectivity index (χ0n) is 8.55. The Hall–Kier alpha value is -0.0800. The van der Waals surface area contributed by atoms with Gasteiger partial charge in [0.15, 0.2) is 0 Å². The Morgan fingerprint density at radius 1 is 1.50 bits per heavy atom. The predicted molar refractivity (Wildman–Crippen MR) is 51.3 cm³/mol. The van der Waals surface area contributed by atoms with Crippen molar-refractivity contribution in [3.8, 4) is 0 Å². The SMILES string of the molecule is CC(C)CCC1COCCN1C. The Kier molecular flexibility index (Phi) is 4.02. The molecule has 1 rings (SSSR count). The number of ether oxygens (including phenoxy) is 1. The minimum atomic E-state index is 0.668. The fourth-order valence-electron chi connectivity index (χ4n) is 1.57. The van der Waals surface area contributed by atoms with Crippen molar-refractivity contribution < 1.29 is 4.74 Å². The van der Waals surface area contributed by atoms with Gasteiger partial charge in [-0.15, -0.1) is 0 Å². The molecule has 1 fully saturated rings. The van der Waals surface area contributed by atoms with Crippen molar-refractivity contribution in [1.29, 1.82) is 0 Å². The molecule has 12 heavy (non-hydrogen) atoms. The molecule has 0 aromatic carbocycles. The second-order valence-corrected chi connectivity index (χ2v) is 4.18. The molecule has 1 aliphatic heterocycles. The van der Waals surface area contributed by atoms with Crippen LogP contribution in [-0.2, 0) is 4.74 Å². The molecule has 0 radical (unpaired) electrons. The summed E-state index contributed by atoms with van der Waals surface area (Å²) in [5.41, 5.74) is 0. The smallest absolute Gasteiger partial charge is 0.0622 e. The molecule has 0 bridgehead atoms. The lowest BCUT2D eigenvalue weighted by Crippen LogP contribution is -2.42. The summed E-state index contributed by atoms with van der Waals surface area (Å²) in [5.74, 6) is 0.820. The van der Waals surface area contributed by atoms with Crippen LogP contribution in [0.1, 0.15) is 26.7 Å². The lowest BCUT2D eigenvalue weighted by Gasteiger charge is -2.32. The molecule has 2 heteroatoms.